The van der Waals surface area contributed by atoms with Crippen LogP contribution in [-0.4, -0.2) is 31.2 Å². The zero-order chi connectivity index (χ0) is 17.8. The fourth-order valence-corrected chi connectivity index (χ4v) is 2.47. The fourth-order valence-electron chi connectivity index (χ4n) is 2.29. The average Bonchev–Trinajstić information content (AvgIpc) is 2.63. The van der Waals surface area contributed by atoms with Gasteiger partial charge in [-0.1, -0.05) is 29.8 Å². The third-order valence-corrected chi connectivity index (χ3v) is 4.07. The van der Waals surface area contributed by atoms with Gasteiger partial charge in [0.1, 0.15) is 6.61 Å². The van der Waals surface area contributed by atoms with Crippen molar-refractivity contribution in [2.75, 3.05) is 18.5 Å². The summed E-state index contributed by atoms with van der Waals surface area (Å²) in [6.45, 7) is 1.39. The number of fused-ring (bicyclic) bond motifs is 1. The second-order valence-electron chi connectivity index (χ2n) is 5.43. The molecular formula is C18H16ClNO5. The molecular weight excluding hydrogens is 346 g/mol. The molecule has 0 unspecified atom stereocenters. The third kappa shape index (κ3) is 4.03. The number of nitrogens with one attached hydrogen (secondary N) is 1. The molecule has 0 fully saturated rings. The number of rotatable bonds is 4. The van der Waals surface area contributed by atoms with E-state index in [-0.39, 0.29) is 6.61 Å². The number of esters is 1. The summed E-state index contributed by atoms with van der Waals surface area (Å²) >= 11 is 6.00. The Bertz CT molecular complexity index is 808. The van der Waals surface area contributed by atoms with Gasteiger partial charge >= 0.3 is 5.97 Å². The van der Waals surface area contributed by atoms with Gasteiger partial charge in [0.2, 0.25) is 6.10 Å². The van der Waals surface area contributed by atoms with Crippen molar-refractivity contribution >= 4 is 29.2 Å². The number of hydrogen-bond donors (Lipinski definition) is 1. The van der Waals surface area contributed by atoms with Crippen LogP contribution >= 0.6 is 11.6 Å². The molecule has 1 aliphatic rings. The largest absolute Gasteiger partial charge is 0.485 e. The van der Waals surface area contributed by atoms with Crippen LogP contribution in [0.4, 0.5) is 5.69 Å². The molecule has 0 aromatic heterocycles. The molecule has 1 heterocycles. The van der Waals surface area contributed by atoms with Gasteiger partial charge in [0, 0.05) is 10.7 Å². The van der Waals surface area contributed by atoms with Gasteiger partial charge in [-0.05, 0) is 36.8 Å². The van der Waals surface area contributed by atoms with Gasteiger partial charge in [-0.15, -0.1) is 0 Å². The zero-order valence-electron chi connectivity index (χ0n) is 13.5. The lowest BCUT2D eigenvalue weighted by atomic mass is 10.2. The summed E-state index contributed by atoms with van der Waals surface area (Å²) in [7, 11) is 0. The number of carbonyl (C=O) groups is 2. The van der Waals surface area contributed by atoms with E-state index in [1.807, 2.05) is 6.07 Å². The maximum Gasteiger partial charge on any atom is 0.351 e. The van der Waals surface area contributed by atoms with E-state index in [9.17, 15) is 9.59 Å². The monoisotopic (exact) mass is 361 g/mol. The topological polar surface area (TPSA) is 73.9 Å². The lowest BCUT2D eigenvalue weighted by molar-refractivity contribution is -0.156. The Morgan fingerprint density at radius 1 is 1.20 bits per heavy atom. The van der Waals surface area contributed by atoms with Crippen molar-refractivity contribution in [3.63, 3.8) is 0 Å². The third-order valence-electron chi connectivity index (χ3n) is 3.66. The molecule has 3 rings (SSSR count). The zero-order valence-corrected chi connectivity index (χ0v) is 14.2. The summed E-state index contributed by atoms with van der Waals surface area (Å²) < 4.78 is 16.0. The second-order valence-corrected chi connectivity index (χ2v) is 5.84. The van der Waals surface area contributed by atoms with Crippen molar-refractivity contribution in [2.24, 2.45) is 0 Å². The first kappa shape index (κ1) is 17.1. The molecule has 25 heavy (non-hydrogen) atoms. The summed E-state index contributed by atoms with van der Waals surface area (Å²) in [5.74, 6) is -0.0845. The molecule has 6 nitrogen and oxygen atoms in total. The highest BCUT2D eigenvalue weighted by Crippen LogP contribution is 2.31. The molecule has 1 amide bonds. The lowest BCUT2D eigenvalue weighted by Gasteiger charge is -2.24. The first-order chi connectivity index (χ1) is 12.0. The maximum atomic E-state index is 12.1. The molecule has 1 atom stereocenters. The molecule has 130 valence electrons. The Balaban J connectivity index is 1.52. The van der Waals surface area contributed by atoms with Crippen LogP contribution in [0.25, 0.3) is 0 Å². The quantitative estimate of drug-likeness (QED) is 0.847. The molecule has 0 saturated carbocycles. The number of ether oxygens (including phenoxy) is 3. The number of amides is 1. The SMILES string of the molecule is Cc1c(Cl)cccc1NC(=O)COC(=O)[C@H]1COc2ccccc2O1. The molecule has 0 bridgehead atoms. The number of anilines is 1. The molecule has 0 saturated heterocycles. The van der Waals surface area contributed by atoms with Crippen LogP contribution in [-0.2, 0) is 14.3 Å². The van der Waals surface area contributed by atoms with Gasteiger partial charge in [-0.3, -0.25) is 4.79 Å². The summed E-state index contributed by atoms with van der Waals surface area (Å²) in [6, 6.07) is 12.2. The predicted octanol–water partition coefficient (Wildman–Crippen LogP) is 2.97. The Morgan fingerprint density at radius 2 is 1.96 bits per heavy atom. The number of hydrogen-bond acceptors (Lipinski definition) is 5. The lowest BCUT2D eigenvalue weighted by Crippen LogP contribution is -2.39. The second kappa shape index (κ2) is 7.44. The van der Waals surface area contributed by atoms with Crippen LogP contribution in [0.5, 0.6) is 11.5 Å². The van der Waals surface area contributed by atoms with Gasteiger partial charge in [-0.2, -0.15) is 0 Å². The van der Waals surface area contributed by atoms with Crippen LogP contribution < -0.4 is 14.8 Å². The van der Waals surface area contributed by atoms with E-state index in [1.54, 1.807) is 43.3 Å². The molecule has 2 aromatic carbocycles. The molecule has 0 spiro atoms. The highest BCUT2D eigenvalue weighted by Gasteiger charge is 2.29. The standard InChI is InChI=1S/C18H16ClNO5/c1-11-12(19)5-4-6-13(11)20-17(21)10-24-18(22)16-9-23-14-7-2-3-8-15(14)25-16/h2-8,16H,9-10H2,1H3,(H,20,21)/t16-/m1/s1. The molecule has 0 aliphatic carbocycles. The first-order valence-electron chi connectivity index (χ1n) is 7.64. The minimum absolute atomic E-state index is 0.0326. The van der Waals surface area contributed by atoms with E-state index < -0.39 is 24.6 Å². The van der Waals surface area contributed by atoms with Crippen LogP contribution in [0.3, 0.4) is 0 Å². The van der Waals surface area contributed by atoms with E-state index in [0.717, 1.165) is 5.56 Å². The molecule has 1 aliphatic heterocycles. The smallest absolute Gasteiger partial charge is 0.351 e. The minimum atomic E-state index is -0.907. The van der Waals surface area contributed by atoms with Crippen LogP contribution in [0.1, 0.15) is 5.56 Å². The van der Waals surface area contributed by atoms with Crippen molar-refractivity contribution in [1.29, 1.82) is 0 Å². The van der Waals surface area contributed by atoms with E-state index >= 15 is 0 Å². The van der Waals surface area contributed by atoms with E-state index in [2.05, 4.69) is 5.32 Å². The molecule has 0 radical (unpaired) electrons. The predicted molar refractivity (Wildman–Crippen MR) is 92.1 cm³/mol. The van der Waals surface area contributed by atoms with Gasteiger partial charge < -0.3 is 19.5 Å². The van der Waals surface area contributed by atoms with E-state index in [4.69, 9.17) is 25.8 Å². The Labute approximate surface area is 149 Å². The number of benzene rings is 2. The van der Waals surface area contributed by atoms with Crippen molar-refractivity contribution in [1.82, 2.24) is 0 Å². The summed E-state index contributed by atoms with van der Waals surface area (Å²) in [5, 5.41) is 3.20. The molecule has 7 heteroatoms. The minimum Gasteiger partial charge on any atom is -0.485 e. The first-order valence-corrected chi connectivity index (χ1v) is 8.02. The Morgan fingerprint density at radius 3 is 2.76 bits per heavy atom. The Hall–Kier alpha value is -2.73. The maximum absolute atomic E-state index is 12.1. The highest BCUT2D eigenvalue weighted by molar-refractivity contribution is 6.31. The molecule has 1 N–H and O–H groups in total. The number of carbonyl (C=O) groups excluding carboxylic acids is 2. The van der Waals surface area contributed by atoms with Crippen molar-refractivity contribution in [2.45, 2.75) is 13.0 Å². The van der Waals surface area contributed by atoms with E-state index in [1.165, 1.54) is 0 Å². The summed E-state index contributed by atoms with van der Waals surface area (Å²) in [5.41, 5.74) is 1.31. The summed E-state index contributed by atoms with van der Waals surface area (Å²) in [4.78, 5) is 24.0. The van der Waals surface area contributed by atoms with Crippen molar-refractivity contribution in [3.05, 3.63) is 53.1 Å². The van der Waals surface area contributed by atoms with Crippen LogP contribution in [0.2, 0.25) is 5.02 Å². The van der Waals surface area contributed by atoms with Gasteiger partial charge in [0.25, 0.3) is 5.91 Å². The van der Waals surface area contributed by atoms with Gasteiger partial charge in [0.15, 0.2) is 18.1 Å². The van der Waals surface area contributed by atoms with Gasteiger partial charge in [0.05, 0.1) is 0 Å². The van der Waals surface area contributed by atoms with Crippen molar-refractivity contribution < 1.29 is 23.8 Å². The summed E-state index contributed by atoms with van der Waals surface area (Å²) in [6.07, 6.45) is -0.907. The average molecular weight is 362 g/mol. The number of halogens is 1. The molecule has 2 aromatic rings. The highest BCUT2D eigenvalue weighted by atomic mass is 35.5. The van der Waals surface area contributed by atoms with Crippen LogP contribution in [0.15, 0.2) is 42.5 Å². The van der Waals surface area contributed by atoms with Gasteiger partial charge in [-0.25, -0.2) is 4.79 Å². The van der Waals surface area contributed by atoms with E-state index in [0.29, 0.717) is 22.2 Å². The van der Waals surface area contributed by atoms with Crippen LogP contribution in [0, 0.1) is 6.92 Å². The van der Waals surface area contributed by atoms with Crippen molar-refractivity contribution in [3.8, 4) is 11.5 Å². The fraction of sp³-hybridized carbons (Fsp3) is 0.222. The number of para-hydroxylation sites is 2. The Kier molecular flexibility index (Phi) is 5.09. The normalized spacial score (nSPS) is 15.4.